The van der Waals surface area contributed by atoms with Crippen LogP contribution in [-0.2, 0) is 0 Å². The number of hydrogen-bond acceptors (Lipinski definition) is 5. The SMILES string of the molecule is CN(C)c1ncc(NC(=O)c2ccccc2)c(N(C)C)n1. The molecule has 2 aromatic rings. The van der Waals surface area contributed by atoms with Gasteiger partial charge in [0, 0.05) is 33.8 Å². The minimum absolute atomic E-state index is 0.181. The van der Waals surface area contributed by atoms with Gasteiger partial charge >= 0.3 is 0 Å². The fraction of sp³-hybridized carbons (Fsp3) is 0.267. The van der Waals surface area contributed by atoms with Crippen LogP contribution >= 0.6 is 0 Å². The number of amides is 1. The van der Waals surface area contributed by atoms with Crippen LogP contribution in [-0.4, -0.2) is 44.1 Å². The summed E-state index contributed by atoms with van der Waals surface area (Å²) in [5.74, 6) is 1.08. The molecule has 0 saturated heterocycles. The van der Waals surface area contributed by atoms with Crippen molar-refractivity contribution in [2.24, 2.45) is 0 Å². The van der Waals surface area contributed by atoms with Gasteiger partial charge in [-0.3, -0.25) is 4.79 Å². The smallest absolute Gasteiger partial charge is 0.255 e. The predicted octanol–water partition coefficient (Wildman–Crippen LogP) is 1.86. The number of carbonyl (C=O) groups is 1. The highest BCUT2D eigenvalue weighted by molar-refractivity contribution is 6.05. The first kappa shape index (κ1) is 14.8. The van der Waals surface area contributed by atoms with E-state index in [0.29, 0.717) is 23.0 Å². The first-order valence-electron chi connectivity index (χ1n) is 6.57. The molecule has 21 heavy (non-hydrogen) atoms. The lowest BCUT2D eigenvalue weighted by atomic mass is 10.2. The monoisotopic (exact) mass is 285 g/mol. The second-order valence-electron chi connectivity index (χ2n) is 5.02. The zero-order valence-corrected chi connectivity index (χ0v) is 12.7. The molecule has 0 spiro atoms. The van der Waals surface area contributed by atoms with E-state index in [-0.39, 0.29) is 5.91 Å². The van der Waals surface area contributed by atoms with Gasteiger partial charge in [0.1, 0.15) is 5.69 Å². The van der Waals surface area contributed by atoms with Crippen molar-refractivity contribution in [2.75, 3.05) is 43.3 Å². The van der Waals surface area contributed by atoms with Crippen molar-refractivity contribution >= 4 is 23.4 Å². The van der Waals surface area contributed by atoms with Crippen LogP contribution in [0, 0.1) is 0 Å². The van der Waals surface area contributed by atoms with Gasteiger partial charge in [0.2, 0.25) is 5.95 Å². The molecule has 0 fully saturated rings. The molecule has 0 radical (unpaired) electrons. The highest BCUT2D eigenvalue weighted by Crippen LogP contribution is 2.23. The molecule has 0 bridgehead atoms. The summed E-state index contributed by atoms with van der Waals surface area (Å²) in [6, 6.07) is 9.05. The van der Waals surface area contributed by atoms with Crippen LogP contribution < -0.4 is 15.1 Å². The van der Waals surface area contributed by atoms with Gasteiger partial charge in [0.05, 0.1) is 6.20 Å². The standard InChI is InChI=1S/C15H19N5O/c1-19(2)13-12(10-16-15(18-13)20(3)4)17-14(21)11-8-6-5-7-9-11/h5-10H,1-4H3,(H,17,21). The van der Waals surface area contributed by atoms with Crippen LogP contribution in [0.2, 0.25) is 0 Å². The summed E-state index contributed by atoms with van der Waals surface area (Å²) in [5.41, 5.74) is 1.18. The molecular weight excluding hydrogens is 266 g/mol. The summed E-state index contributed by atoms with van der Waals surface area (Å²) in [6.07, 6.45) is 1.62. The van der Waals surface area contributed by atoms with E-state index >= 15 is 0 Å². The molecule has 0 unspecified atom stereocenters. The minimum Gasteiger partial charge on any atom is -0.361 e. The normalized spacial score (nSPS) is 10.1. The lowest BCUT2D eigenvalue weighted by Gasteiger charge is -2.19. The summed E-state index contributed by atoms with van der Waals surface area (Å²) >= 11 is 0. The molecule has 110 valence electrons. The van der Waals surface area contributed by atoms with E-state index in [1.807, 2.05) is 56.2 Å². The van der Waals surface area contributed by atoms with Crippen LogP contribution in [0.3, 0.4) is 0 Å². The number of hydrogen-bond donors (Lipinski definition) is 1. The fourth-order valence-electron chi connectivity index (χ4n) is 1.79. The zero-order chi connectivity index (χ0) is 15.4. The number of nitrogens with zero attached hydrogens (tertiary/aromatic N) is 4. The van der Waals surface area contributed by atoms with Crippen LogP contribution in [0.5, 0.6) is 0 Å². The Balaban J connectivity index is 2.29. The van der Waals surface area contributed by atoms with Gasteiger partial charge in [-0.25, -0.2) is 4.98 Å². The van der Waals surface area contributed by atoms with E-state index in [0.717, 1.165) is 0 Å². The third kappa shape index (κ3) is 3.47. The Labute approximate surface area is 124 Å². The second kappa shape index (κ2) is 6.21. The molecule has 6 nitrogen and oxygen atoms in total. The van der Waals surface area contributed by atoms with Crippen LogP contribution in [0.4, 0.5) is 17.5 Å². The first-order valence-corrected chi connectivity index (χ1v) is 6.57. The molecule has 0 saturated carbocycles. The van der Waals surface area contributed by atoms with Crippen molar-refractivity contribution in [1.29, 1.82) is 0 Å². The Kier molecular flexibility index (Phi) is 4.37. The zero-order valence-electron chi connectivity index (χ0n) is 12.7. The molecule has 1 amide bonds. The third-order valence-corrected chi connectivity index (χ3v) is 2.86. The molecule has 2 rings (SSSR count). The van der Waals surface area contributed by atoms with E-state index in [4.69, 9.17) is 0 Å². The van der Waals surface area contributed by atoms with Gasteiger partial charge in [0.25, 0.3) is 5.91 Å². The van der Waals surface area contributed by atoms with Crippen molar-refractivity contribution in [3.8, 4) is 0 Å². The summed E-state index contributed by atoms with van der Waals surface area (Å²) in [5, 5.41) is 2.85. The van der Waals surface area contributed by atoms with Gasteiger partial charge in [-0.05, 0) is 12.1 Å². The predicted molar refractivity (Wildman–Crippen MR) is 85.1 cm³/mol. The number of benzene rings is 1. The van der Waals surface area contributed by atoms with Crippen molar-refractivity contribution < 1.29 is 4.79 Å². The van der Waals surface area contributed by atoms with Crippen molar-refractivity contribution in [3.63, 3.8) is 0 Å². The summed E-state index contributed by atoms with van der Waals surface area (Å²) in [4.78, 5) is 24.6. The molecule has 0 aliphatic rings. The van der Waals surface area contributed by atoms with Crippen LogP contribution in [0.1, 0.15) is 10.4 Å². The van der Waals surface area contributed by atoms with Crippen LogP contribution in [0.15, 0.2) is 36.5 Å². The molecule has 1 aromatic carbocycles. The molecule has 0 atom stereocenters. The summed E-state index contributed by atoms with van der Waals surface area (Å²) in [6.45, 7) is 0. The van der Waals surface area contributed by atoms with Gasteiger partial charge < -0.3 is 15.1 Å². The van der Waals surface area contributed by atoms with E-state index in [2.05, 4.69) is 15.3 Å². The number of anilines is 3. The quantitative estimate of drug-likeness (QED) is 0.929. The number of carbonyl (C=O) groups excluding carboxylic acids is 1. The molecule has 0 aliphatic heterocycles. The van der Waals surface area contributed by atoms with Crippen molar-refractivity contribution in [3.05, 3.63) is 42.1 Å². The minimum atomic E-state index is -0.181. The molecular formula is C15H19N5O. The average molecular weight is 285 g/mol. The fourth-order valence-corrected chi connectivity index (χ4v) is 1.79. The van der Waals surface area contributed by atoms with Gasteiger partial charge in [-0.2, -0.15) is 4.98 Å². The maximum absolute atomic E-state index is 12.2. The molecule has 1 N–H and O–H groups in total. The third-order valence-electron chi connectivity index (χ3n) is 2.86. The Morgan fingerprint density at radius 3 is 2.29 bits per heavy atom. The molecule has 0 aliphatic carbocycles. The highest BCUT2D eigenvalue weighted by Gasteiger charge is 2.13. The lowest BCUT2D eigenvalue weighted by molar-refractivity contribution is 0.102. The second-order valence-corrected chi connectivity index (χ2v) is 5.02. The summed E-state index contributed by atoms with van der Waals surface area (Å²) in [7, 11) is 7.49. The number of rotatable bonds is 4. The van der Waals surface area contributed by atoms with Gasteiger partial charge in [-0.1, -0.05) is 18.2 Å². The van der Waals surface area contributed by atoms with Crippen molar-refractivity contribution in [1.82, 2.24) is 9.97 Å². The number of aromatic nitrogens is 2. The van der Waals surface area contributed by atoms with Crippen LogP contribution in [0.25, 0.3) is 0 Å². The van der Waals surface area contributed by atoms with Gasteiger partial charge in [0.15, 0.2) is 5.82 Å². The van der Waals surface area contributed by atoms with Gasteiger partial charge in [-0.15, -0.1) is 0 Å². The lowest BCUT2D eigenvalue weighted by Crippen LogP contribution is -2.21. The highest BCUT2D eigenvalue weighted by atomic mass is 16.1. The largest absolute Gasteiger partial charge is 0.361 e. The van der Waals surface area contributed by atoms with E-state index in [9.17, 15) is 4.79 Å². The molecule has 1 aromatic heterocycles. The van der Waals surface area contributed by atoms with E-state index in [1.165, 1.54) is 0 Å². The first-order chi connectivity index (χ1) is 9.99. The molecule has 1 heterocycles. The number of nitrogens with one attached hydrogen (secondary N) is 1. The average Bonchev–Trinajstić information content (AvgIpc) is 2.48. The Hall–Kier alpha value is -2.63. The summed E-state index contributed by atoms with van der Waals surface area (Å²) < 4.78 is 0. The van der Waals surface area contributed by atoms with E-state index < -0.39 is 0 Å². The maximum Gasteiger partial charge on any atom is 0.255 e. The topological polar surface area (TPSA) is 61.4 Å². The maximum atomic E-state index is 12.2. The molecule has 6 heteroatoms. The van der Waals surface area contributed by atoms with E-state index in [1.54, 1.807) is 18.3 Å². The Bertz CT molecular complexity index is 625. The Morgan fingerprint density at radius 2 is 1.71 bits per heavy atom. The van der Waals surface area contributed by atoms with Crippen molar-refractivity contribution in [2.45, 2.75) is 0 Å². The Morgan fingerprint density at radius 1 is 1.05 bits per heavy atom.